The number of hydrogen-bond acceptors (Lipinski definition) is 3. The van der Waals surface area contributed by atoms with Crippen molar-refractivity contribution in [1.82, 2.24) is 4.98 Å². The Kier molecular flexibility index (Phi) is 4.88. The van der Waals surface area contributed by atoms with Gasteiger partial charge in [-0.25, -0.2) is 4.98 Å². The monoisotopic (exact) mass is 357 g/mol. The van der Waals surface area contributed by atoms with Crippen LogP contribution in [0.15, 0.2) is 66.9 Å². The van der Waals surface area contributed by atoms with Crippen LogP contribution < -0.4 is 10.2 Å². The average molecular weight is 357 g/mol. The zero-order valence-corrected chi connectivity index (χ0v) is 15.5. The first kappa shape index (κ1) is 17.3. The zero-order chi connectivity index (χ0) is 18.6. The molecule has 0 unspecified atom stereocenters. The van der Waals surface area contributed by atoms with Crippen molar-refractivity contribution in [2.75, 3.05) is 16.8 Å². The highest BCUT2D eigenvalue weighted by Gasteiger charge is 2.17. The molecule has 0 atom stereocenters. The van der Waals surface area contributed by atoms with E-state index in [1.807, 2.05) is 43.3 Å². The van der Waals surface area contributed by atoms with Crippen molar-refractivity contribution in [2.45, 2.75) is 26.3 Å². The van der Waals surface area contributed by atoms with Gasteiger partial charge in [0.25, 0.3) is 0 Å². The second kappa shape index (κ2) is 7.62. The predicted octanol–water partition coefficient (Wildman–Crippen LogP) is 4.13. The molecule has 4 heteroatoms. The van der Waals surface area contributed by atoms with Gasteiger partial charge < -0.3 is 10.2 Å². The van der Waals surface area contributed by atoms with E-state index in [4.69, 9.17) is 0 Å². The van der Waals surface area contributed by atoms with Crippen LogP contribution in [0.5, 0.6) is 0 Å². The Bertz CT molecular complexity index is 933. The number of rotatable bonds is 4. The average Bonchev–Trinajstić information content (AvgIpc) is 2.70. The molecular formula is C23H23N3O. The highest BCUT2D eigenvalue weighted by Crippen LogP contribution is 2.23. The Hall–Kier alpha value is -3.14. The summed E-state index contributed by atoms with van der Waals surface area (Å²) in [5.74, 6) is 0.918. The number of carbonyl (C=O) groups is 1. The van der Waals surface area contributed by atoms with Gasteiger partial charge in [-0.15, -0.1) is 0 Å². The SMILES string of the molecule is Cc1ccc(CC(=O)Nc2ccc(N3CCc4ccccc4C3)nc2)cc1. The van der Waals surface area contributed by atoms with Gasteiger partial charge in [0.05, 0.1) is 18.3 Å². The van der Waals surface area contributed by atoms with Crippen LogP contribution in [0.1, 0.15) is 22.3 Å². The van der Waals surface area contributed by atoms with Crippen LogP contribution in [0.2, 0.25) is 0 Å². The van der Waals surface area contributed by atoms with E-state index in [-0.39, 0.29) is 5.91 Å². The standard InChI is InChI=1S/C23H23N3O/c1-17-6-8-18(9-7-17)14-23(27)25-21-10-11-22(24-15-21)26-13-12-19-4-2-3-5-20(19)16-26/h2-11,15H,12-14,16H2,1H3,(H,25,27). The summed E-state index contributed by atoms with van der Waals surface area (Å²) < 4.78 is 0. The maximum Gasteiger partial charge on any atom is 0.228 e. The smallest absolute Gasteiger partial charge is 0.228 e. The summed E-state index contributed by atoms with van der Waals surface area (Å²) in [5, 5.41) is 2.93. The third-order valence-electron chi connectivity index (χ3n) is 4.97. The van der Waals surface area contributed by atoms with Crippen LogP contribution in [0.4, 0.5) is 11.5 Å². The summed E-state index contributed by atoms with van der Waals surface area (Å²) >= 11 is 0. The van der Waals surface area contributed by atoms with E-state index in [1.54, 1.807) is 6.20 Å². The third kappa shape index (κ3) is 4.17. The first-order chi connectivity index (χ1) is 13.2. The topological polar surface area (TPSA) is 45.2 Å². The number of nitrogens with zero attached hydrogens (tertiary/aromatic N) is 2. The Morgan fingerprint density at radius 1 is 1.04 bits per heavy atom. The van der Waals surface area contributed by atoms with Crippen molar-refractivity contribution in [2.24, 2.45) is 0 Å². The van der Waals surface area contributed by atoms with E-state index in [1.165, 1.54) is 16.7 Å². The normalized spacial score (nSPS) is 13.1. The second-order valence-electron chi connectivity index (χ2n) is 7.06. The van der Waals surface area contributed by atoms with Gasteiger partial charge >= 0.3 is 0 Å². The van der Waals surface area contributed by atoms with Gasteiger partial charge in [0.2, 0.25) is 5.91 Å². The zero-order valence-electron chi connectivity index (χ0n) is 15.5. The van der Waals surface area contributed by atoms with Crippen LogP contribution in [-0.4, -0.2) is 17.4 Å². The summed E-state index contributed by atoms with van der Waals surface area (Å²) in [6, 6.07) is 20.5. The molecule has 0 fully saturated rings. The summed E-state index contributed by atoms with van der Waals surface area (Å²) in [6.07, 6.45) is 3.14. The minimum Gasteiger partial charge on any atom is -0.352 e. The van der Waals surface area contributed by atoms with Crippen LogP contribution in [0, 0.1) is 6.92 Å². The summed E-state index contributed by atoms with van der Waals surface area (Å²) in [4.78, 5) is 19.1. The van der Waals surface area contributed by atoms with Crippen molar-refractivity contribution in [3.05, 3.63) is 89.1 Å². The fourth-order valence-electron chi connectivity index (χ4n) is 3.43. The number of anilines is 2. The molecule has 0 radical (unpaired) electrons. The number of carbonyl (C=O) groups excluding carboxylic acids is 1. The predicted molar refractivity (Wildman–Crippen MR) is 109 cm³/mol. The Labute approximate surface area is 159 Å². The molecule has 0 saturated heterocycles. The van der Waals surface area contributed by atoms with E-state index >= 15 is 0 Å². The van der Waals surface area contributed by atoms with E-state index in [0.717, 1.165) is 36.6 Å². The maximum atomic E-state index is 12.2. The van der Waals surface area contributed by atoms with Gasteiger partial charge in [-0.1, -0.05) is 54.1 Å². The number of pyridine rings is 1. The molecule has 1 aliphatic rings. The molecule has 0 saturated carbocycles. The van der Waals surface area contributed by atoms with Crippen LogP contribution in [-0.2, 0) is 24.2 Å². The van der Waals surface area contributed by atoms with Gasteiger partial charge in [0.15, 0.2) is 0 Å². The number of benzene rings is 2. The van der Waals surface area contributed by atoms with Gasteiger partial charge in [-0.3, -0.25) is 4.79 Å². The maximum absolute atomic E-state index is 12.2. The number of hydrogen-bond donors (Lipinski definition) is 1. The molecule has 27 heavy (non-hydrogen) atoms. The molecule has 136 valence electrons. The van der Waals surface area contributed by atoms with E-state index < -0.39 is 0 Å². The van der Waals surface area contributed by atoms with Gasteiger partial charge in [0, 0.05) is 13.1 Å². The quantitative estimate of drug-likeness (QED) is 0.763. The van der Waals surface area contributed by atoms with Crippen molar-refractivity contribution in [3.8, 4) is 0 Å². The van der Waals surface area contributed by atoms with E-state index in [0.29, 0.717) is 6.42 Å². The third-order valence-corrected chi connectivity index (χ3v) is 4.97. The van der Waals surface area contributed by atoms with Crippen molar-refractivity contribution in [1.29, 1.82) is 0 Å². The number of nitrogens with one attached hydrogen (secondary N) is 1. The fraction of sp³-hybridized carbons (Fsp3) is 0.217. The summed E-state index contributed by atoms with van der Waals surface area (Å²) in [7, 11) is 0. The largest absolute Gasteiger partial charge is 0.352 e. The lowest BCUT2D eigenvalue weighted by molar-refractivity contribution is -0.115. The number of aromatic nitrogens is 1. The summed E-state index contributed by atoms with van der Waals surface area (Å²) in [5.41, 5.74) is 5.72. The first-order valence-electron chi connectivity index (χ1n) is 9.30. The molecule has 4 nitrogen and oxygen atoms in total. The summed E-state index contributed by atoms with van der Waals surface area (Å²) in [6.45, 7) is 3.88. The van der Waals surface area contributed by atoms with Crippen LogP contribution in [0.25, 0.3) is 0 Å². The molecule has 4 rings (SSSR count). The van der Waals surface area contributed by atoms with Crippen LogP contribution >= 0.6 is 0 Å². The lowest BCUT2D eigenvalue weighted by atomic mass is 10.00. The highest BCUT2D eigenvalue weighted by molar-refractivity contribution is 5.92. The molecular weight excluding hydrogens is 334 g/mol. The molecule has 0 aliphatic carbocycles. The molecule has 1 N–H and O–H groups in total. The number of fused-ring (bicyclic) bond motifs is 1. The second-order valence-corrected chi connectivity index (χ2v) is 7.06. The van der Waals surface area contributed by atoms with Crippen molar-refractivity contribution in [3.63, 3.8) is 0 Å². The molecule has 0 bridgehead atoms. The van der Waals surface area contributed by atoms with Gasteiger partial charge in [0.1, 0.15) is 5.82 Å². The Morgan fingerprint density at radius 3 is 2.56 bits per heavy atom. The minimum atomic E-state index is -0.0275. The van der Waals surface area contributed by atoms with Crippen molar-refractivity contribution >= 4 is 17.4 Å². The molecule has 1 aromatic heterocycles. The molecule has 1 amide bonds. The Morgan fingerprint density at radius 2 is 1.81 bits per heavy atom. The molecule has 0 spiro atoms. The van der Waals surface area contributed by atoms with E-state index in [9.17, 15) is 4.79 Å². The number of amides is 1. The van der Waals surface area contributed by atoms with Gasteiger partial charge in [-0.2, -0.15) is 0 Å². The molecule has 1 aliphatic heterocycles. The molecule has 2 aromatic carbocycles. The van der Waals surface area contributed by atoms with Gasteiger partial charge in [-0.05, 0) is 42.2 Å². The van der Waals surface area contributed by atoms with Crippen molar-refractivity contribution < 1.29 is 4.79 Å². The lowest BCUT2D eigenvalue weighted by Gasteiger charge is -2.29. The highest BCUT2D eigenvalue weighted by atomic mass is 16.1. The lowest BCUT2D eigenvalue weighted by Crippen LogP contribution is -2.30. The molecule has 3 aromatic rings. The molecule has 2 heterocycles. The first-order valence-corrected chi connectivity index (χ1v) is 9.30. The Balaban J connectivity index is 1.38. The fourth-order valence-corrected chi connectivity index (χ4v) is 3.43. The minimum absolute atomic E-state index is 0.0275. The van der Waals surface area contributed by atoms with E-state index in [2.05, 4.69) is 39.5 Å². The van der Waals surface area contributed by atoms with Crippen LogP contribution in [0.3, 0.4) is 0 Å². The number of aryl methyl sites for hydroxylation is 1.